The van der Waals surface area contributed by atoms with Gasteiger partial charge in [0.1, 0.15) is 21.3 Å². The Morgan fingerprint density at radius 1 is 1.29 bits per heavy atom. The molecule has 11 heteroatoms. The van der Waals surface area contributed by atoms with Gasteiger partial charge < -0.3 is 31.2 Å². The summed E-state index contributed by atoms with van der Waals surface area (Å²) in [6.45, 7) is 4.34. The van der Waals surface area contributed by atoms with Gasteiger partial charge in [-0.1, -0.05) is 6.07 Å². The maximum atomic E-state index is 13.0. The van der Waals surface area contributed by atoms with E-state index in [9.17, 15) is 4.79 Å². The lowest BCUT2D eigenvalue weighted by molar-refractivity contribution is 0.0212. The lowest BCUT2D eigenvalue weighted by Gasteiger charge is -2.26. The standard InChI is InChI=1S/C24H31N7O3S/c1-13-27-10-16-21(26)22(35-24(16)28-13)23(32)29-15-4-5-18-14(9-15)3-6-20(30-18)31-11-17(25)19(12-31)34-8-7-33-2/h3,6,10,15,17,19H,4-5,7-9,11-12,25-26H2,1-2H3,(H,29,32). The summed E-state index contributed by atoms with van der Waals surface area (Å²) < 4.78 is 10.9. The minimum absolute atomic E-state index is 0.0267. The third-order valence-electron chi connectivity index (χ3n) is 6.65. The average Bonchev–Trinajstić information content (AvgIpc) is 3.38. The van der Waals surface area contributed by atoms with Crippen LogP contribution in [0, 0.1) is 6.92 Å². The number of thiophene rings is 1. The number of hydrogen-bond acceptors (Lipinski definition) is 10. The number of nitrogens with zero attached hydrogens (tertiary/aromatic N) is 4. The molecule has 1 fully saturated rings. The molecule has 10 nitrogen and oxygen atoms in total. The fraction of sp³-hybridized carbons (Fsp3) is 0.500. The highest BCUT2D eigenvalue weighted by Gasteiger charge is 2.32. The molecule has 2 aliphatic rings. The second-order valence-corrected chi connectivity index (χ2v) is 10.1. The smallest absolute Gasteiger partial charge is 0.263 e. The highest BCUT2D eigenvalue weighted by Crippen LogP contribution is 2.32. The number of aromatic nitrogens is 3. The molecule has 0 spiro atoms. The predicted octanol–water partition coefficient (Wildman–Crippen LogP) is 1.44. The molecule has 3 aromatic heterocycles. The Balaban J connectivity index is 1.22. The summed E-state index contributed by atoms with van der Waals surface area (Å²) in [6.07, 6.45) is 4.01. The summed E-state index contributed by atoms with van der Waals surface area (Å²) in [4.78, 5) is 29.9. The van der Waals surface area contributed by atoms with Gasteiger partial charge in [-0.3, -0.25) is 4.79 Å². The van der Waals surface area contributed by atoms with Gasteiger partial charge in [0.15, 0.2) is 0 Å². The second-order valence-electron chi connectivity index (χ2n) is 9.14. The first-order chi connectivity index (χ1) is 16.9. The molecule has 1 saturated heterocycles. The molecule has 4 heterocycles. The fourth-order valence-electron chi connectivity index (χ4n) is 4.75. The van der Waals surface area contributed by atoms with Crippen molar-refractivity contribution < 1.29 is 14.3 Å². The maximum absolute atomic E-state index is 13.0. The third-order valence-corrected chi connectivity index (χ3v) is 7.77. The van der Waals surface area contributed by atoms with Gasteiger partial charge in [0, 0.05) is 38.1 Å². The first-order valence-corrected chi connectivity index (χ1v) is 12.7. The van der Waals surface area contributed by atoms with Crippen molar-refractivity contribution in [3.63, 3.8) is 0 Å². The average molecular weight is 498 g/mol. The minimum atomic E-state index is -0.160. The van der Waals surface area contributed by atoms with Crippen molar-refractivity contribution in [1.29, 1.82) is 0 Å². The number of carbonyl (C=O) groups excluding carboxylic acids is 1. The highest BCUT2D eigenvalue weighted by molar-refractivity contribution is 7.21. The van der Waals surface area contributed by atoms with Gasteiger partial charge in [-0.05, 0) is 37.8 Å². The molecule has 186 valence electrons. The summed E-state index contributed by atoms with van der Waals surface area (Å²) in [5.41, 5.74) is 15.2. The van der Waals surface area contributed by atoms with E-state index in [1.165, 1.54) is 11.3 Å². The molecule has 3 unspecified atom stereocenters. The van der Waals surface area contributed by atoms with Gasteiger partial charge in [-0.25, -0.2) is 15.0 Å². The van der Waals surface area contributed by atoms with Gasteiger partial charge >= 0.3 is 0 Å². The van der Waals surface area contributed by atoms with Gasteiger partial charge in [0.25, 0.3) is 5.91 Å². The number of nitrogen functional groups attached to an aromatic ring is 1. The van der Waals surface area contributed by atoms with Crippen molar-refractivity contribution in [3.05, 3.63) is 40.3 Å². The molecule has 35 heavy (non-hydrogen) atoms. The Labute approximate surface area is 208 Å². The van der Waals surface area contributed by atoms with Crippen LogP contribution >= 0.6 is 11.3 Å². The number of nitrogens with two attached hydrogens (primary N) is 2. The number of hydrogen-bond donors (Lipinski definition) is 3. The number of pyridine rings is 1. The molecular weight excluding hydrogens is 466 g/mol. The van der Waals surface area contributed by atoms with Gasteiger partial charge in [-0.2, -0.15) is 0 Å². The lowest BCUT2D eigenvalue weighted by Crippen LogP contribution is -2.39. The van der Waals surface area contributed by atoms with Crippen LogP contribution in [0.3, 0.4) is 0 Å². The molecule has 5 rings (SSSR count). The van der Waals surface area contributed by atoms with Crippen molar-refractivity contribution in [2.75, 3.05) is 44.0 Å². The Bertz CT molecular complexity index is 1230. The SMILES string of the molecule is COCCOC1CN(c2ccc3c(n2)CCC(NC(=O)c2sc4nc(C)ncc4c2N)C3)CC1N. The topological polar surface area (TPSA) is 142 Å². The molecule has 0 saturated carbocycles. The molecule has 0 radical (unpaired) electrons. The van der Waals surface area contributed by atoms with Crippen molar-refractivity contribution in [2.24, 2.45) is 5.73 Å². The van der Waals surface area contributed by atoms with E-state index < -0.39 is 0 Å². The molecule has 3 atom stereocenters. The molecular formula is C24H31N7O3S. The summed E-state index contributed by atoms with van der Waals surface area (Å²) >= 11 is 1.31. The molecule has 1 aliphatic heterocycles. The van der Waals surface area contributed by atoms with E-state index in [0.29, 0.717) is 36.1 Å². The molecule has 0 bridgehead atoms. The van der Waals surface area contributed by atoms with Crippen LogP contribution in [0.1, 0.15) is 33.2 Å². The van der Waals surface area contributed by atoms with Gasteiger partial charge in [-0.15, -0.1) is 11.3 Å². The molecule has 0 aromatic carbocycles. The Morgan fingerprint density at radius 3 is 2.97 bits per heavy atom. The van der Waals surface area contributed by atoms with Crippen molar-refractivity contribution in [3.8, 4) is 0 Å². The van der Waals surface area contributed by atoms with Crippen LogP contribution in [-0.4, -0.2) is 72.5 Å². The number of rotatable bonds is 7. The van der Waals surface area contributed by atoms with E-state index in [4.69, 9.17) is 25.9 Å². The Hall–Kier alpha value is -2.86. The fourth-order valence-corrected chi connectivity index (χ4v) is 5.76. The molecule has 5 N–H and O–H groups in total. The zero-order chi connectivity index (χ0) is 24.5. The van der Waals surface area contributed by atoms with Gasteiger partial charge in [0.05, 0.1) is 36.4 Å². The predicted molar refractivity (Wildman–Crippen MR) is 136 cm³/mol. The monoisotopic (exact) mass is 497 g/mol. The molecule has 1 aliphatic carbocycles. The van der Waals surface area contributed by atoms with Crippen molar-refractivity contribution >= 4 is 39.0 Å². The van der Waals surface area contributed by atoms with E-state index in [0.717, 1.165) is 53.1 Å². The van der Waals surface area contributed by atoms with E-state index in [1.54, 1.807) is 13.3 Å². The van der Waals surface area contributed by atoms with E-state index >= 15 is 0 Å². The van der Waals surface area contributed by atoms with Crippen LogP contribution in [0.15, 0.2) is 18.3 Å². The van der Waals surface area contributed by atoms with Crippen LogP contribution in [-0.2, 0) is 22.3 Å². The van der Waals surface area contributed by atoms with Crippen LogP contribution in [0.2, 0.25) is 0 Å². The number of amides is 1. The van der Waals surface area contributed by atoms with Crippen molar-refractivity contribution in [1.82, 2.24) is 20.3 Å². The van der Waals surface area contributed by atoms with Crippen LogP contribution in [0.4, 0.5) is 11.5 Å². The number of nitrogens with one attached hydrogen (secondary N) is 1. The highest BCUT2D eigenvalue weighted by atomic mass is 32.1. The quantitative estimate of drug-likeness (QED) is 0.413. The number of ether oxygens (including phenoxy) is 2. The Morgan fingerprint density at radius 2 is 2.14 bits per heavy atom. The maximum Gasteiger partial charge on any atom is 0.263 e. The Kier molecular flexibility index (Phi) is 6.83. The third kappa shape index (κ3) is 4.94. The summed E-state index contributed by atoms with van der Waals surface area (Å²) in [5, 5.41) is 3.89. The van der Waals surface area contributed by atoms with Crippen molar-refractivity contribution in [2.45, 2.75) is 44.4 Å². The molecule has 1 amide bonds. The first-order valence-electron chi connectivity index (χ1n) is 11.8. The number of aryl methyl sites for hydroxylation is 2. The zero-order valence-electron chi connectivity index (χ0n) is 20.0. The number of carbonyl (C=O) groups is 1. The number of fused-ring (bicyclic) bond motifs is 2. The zero-order valence-corrected chi connectivity index (χ0v) is 20.8. The van der Waals surface area contributed by atoms with Crippen LogP contribution in [0.5, 0.6) is 0 Å². The van der Waals surface area contributed by atoms with Crippen LogP contribution < -0.4 is 21.7 Å². The van der Waals surface area contributed by atoms with E-state index in [-0.39, 0.29) is 24.1 Å². The lowest BCUT2D eigenvalue weighted by atomic mass is 9.91. The summed E-state index contributed by atoms with van der Waals surface area (Å²) in [7, 11) is 1.66. The van der Waals surface area contributed by atoms with Crippen LogP contribution in [0.25, 0.3) is 10.2 Å². The normalized spacial score (nSPS) is 21.9. The largest absolute Gasteiger partial charge is 0.397 e. The second kappa shape index (κ2) is 10.0. The number of anilines is 2. The number of methoxy groups -OCH3 is 1. The summed E-state index contributed by atoms with van der Waals surface area (Å²) in [5.74, 6) is 1.42. The first kappa shape index (κ1) is 23.9. The molecule has 3 aromatic rings. The summed E-state index contributed by atoms with van der Waals surface area (Å²) in [6, 6.07) is 4.13. The van der Waals surface area contributed by atoms with E-state index in [1.807, 2.05) is 13.0 Å². The van der Waals surface area contributed by atoms with Gasteiger partial charge in [0.2, 0.25) is 0 Å². The van der Waals surface area contributed by atoms with E-state index in [2.05, 4.69) is 26.3 Å². The minimum Gasteiger partial charge on any atom is -0.397 e.